The number of nitrogens with zero attached hydrogens (tertiary/aromatic N) is 1. The summed E-state index contributed by atoms with van der Waals surface area (Å²) in [6.07, 6.45) is 0. The number of esters is 1. The van der Waals surface area contributed by atoms with E-state index in [4.69, 9.17) is 10.8 Å². The Morgan fingerprint density at radius 2 is 2.14 bits per heavy atom. The minimum atomic E-state index is -1.18. The summed E-state index contributed by atoms with van der Waals surface area (Å²) in [6.45, 7) is 0. The molecular formula is C8H8N2O4. The van der Waals surface area contributed by atoms with E-state index >= 15 is 0 Å². The third-order valence-corrected chi connectivity index (χ3v) is 1.49. The number of nitrogens with two attached hydrogens (primary N) is 1. The monoisotopic (exact) mass is 196 g/mol. The zero-order valence-electron chi connectivity index (χ0n) is 7.35. The molecule has 0 saturated heterocycles. The van der Waals surface area contributed by atoms with E-state index in [1.165, 1.54) is 7.11 Å². The van der Waals surface area contributed by atoms with E-state index in [2.05, 4.69) is 9.72 Å². The maximum absolute atomic E-state index is 11.0. The Balaban J connectivity index is 3.20. The fraction of sp³-hybridized carbons (Fsp3) is 0.125. The molecule has 1 aromatic rings. The number of carbonyl (C=O) groups excluding carboxylic acids is 1. The summed E-state index contributed by atoms with van der Waals surface area (Å²) >= 11 is 0. The highest BCUT2D eigenvalue weighted by molar-refractivity contribution is 5.93. The van der Waals surface area contributed by atoms with Gasteiger partial charge < -0.3 is 15.6 Å². The van der Waals surface area contributed by atoms with E-state index in [9.17, 15) is 9.59 Å². The highest BCUT2D eigenvalue weighted by atomic mass is 16.5. The molecule has 3 N–H and O–H groups in total. The summed E-state index contributed by atoms with van der Waals surface area (Å²) in [4.78, 5) is 25.2. The first-order valence-corrected chi connectivity index (χ1v) is 3.63. The van der Waals surface area contributed by atoms with Crippen molar-refractivity contribution in [3.8, 4) is 0 Å². The molecule has 0 fully saturated rings. The number of carboxylic acids is 1. The zero-order chi connectivity index (χ0) is 10.7. The molecule has 0 spiro atoms. The van der Waals surface area contributed by atoms with Crippen molar-refractivity contribution in [2.45, 2.75) is 0 Å². The van der Waals surface area contributed by atoms with Crippen molar-refractivity contribution in [3.05, 3.63) is 23.4 Å². The van der Waals surface area contributed by atoms with Crippen molar-refractivity contribution in [1.82, 2.24) is 4.98 Å². The molecule has 0 unspecified atom stereocenters. The average molecular weight is 196 g/mol. The maximum atomic E-state index is 11.0. The van der Waals surface area contributed by atoms with Crippen molar-refractivity contribution < 1.29 is 19.4 Å². The molecule has 0 saturated carbocycles. The van der Waals surface area contributed by atoms with E-state index < -0.39 is 11.9 Å². The van der Waals surface area contributed by atoms with Gasteiger partial charge in [0.1, 0.15) is 5.82 Å². The van der Waals surface area contributed by atoms with Gasteiger partial charge in [0.05, 0.1) is 12.7 Å². The SMILES string of the molecule is COC(=O)c1cc(C(=O)O)cc(N)n1. The molecule has 1 aromatic heterocycles. The van der Waals surface area contributed by atoms with Gasteiger partial charge in [0, 0.05) is 0 Å². The summed E-state index contributed by atoms with van der Waals surface area (Å²) < 4.78 is 4.38. The lowest BCUT2D eigenvalue weighted by Gasteiger charge is -2.01. The van der Waals surface area contributed by atoms with Crippen LogP contribution in [0.2, 0.25) is 0 Å². The normalized spacial score (nSPS) is 9.50. The Morgan fingerprint density at radius 1 is 1.50 bits per heavy atom. The fourth-order valence-electron chi connectivity index (χ4n) is 0.885. The molecule has 0 aliphatic heterocycles. The predicted molar refractivity (Wildman–Crippen MR) is 46.9 cm³/mol. The van der Waals surface area contributed by atoms with Crippen molar-refractivity contribution in [2.75, 3.05) is 12.8 Å². The van der Waals surface area contributed by atoms with E-state index in [0.717, 1.165) is 12.1 Å². The number of ether oxygens (including phenoxy) is 1. The fourth-order valence-corrected chi connectivity index (χ4v) is 0.885. The number of hydrogen-bond donors (Lipinski definition) is 2. The van der Waals surface area contributed by atoms with E-state index in [1.807, 2.05) is 0 Å². The molecule has 6 heteroatoms. The number of rotatable bonds is 2. The number of anilines is 1. The van der Waals surface area contributed by atoms with Gasteiger partial charge >= 0.3 is 11.9 Å². The highest BCUT2D eigenvalue weighted by Gasteiger charge is 2.12. The average Bonchev–Trinajstić information content (AvgIpc) is 2.15. The first kappa shape index (κ1) is 9.97. The van der Waals surface area contributed by atoms with Crippen LogP contribution in [-0.2, 0) is 4.74 Å². The van der Waals surface area contributed by atoms with Gasteiger partial charge in [-0.15, -0.1) is 0 Å². The van der Waals surface area contributed by atoms with E-state index in [-0.39, 0.29) is 17.1 Å². The number of methoxy groups -OCH3 is 1. The lowest BCUT2D eigenvalue weighted by atomic mass is 10.2. The van der Waals surface area contributed by atoms with Crippen LogP contribution in [0, 0.1) is 0 Å². The van der Waals surface area contributed by atoms with Crippen LogP contribution in [0.1, 0.15) is 20.8 Å². The number of carboxylic acid groups (broad SMARTS) is 1. The van der Waals surface area contributed by atoms with Crippen molar-refractivity contribution in [2.24, 2.45) is 0 Å². The first-order valence-electron chi connectivity index (χ1n) is 3.63. The molecule has 0 bridgehead atoms. The van der Waals surface area contributed by atoms with Gasteiger partial charge in [0.2, 0.25) is 0 Å². The number of pyridine rings is 1. The summed E-state index contributed by atoms with van der Waals surface area (Å²) in [5.74, 6) is -1.94. The Hall–Kier alpha value is -2.11. The lowest BCUT2D eigenvalue weighted by Crippen LogP contribution is -2.09. The van der Waals surface area contributed by atoms with Crippen LogP contribution in [0.4, 0.5) is 5.82 Å². The number of aromatic nitrogens is 1. The molecule has 0 atom stereocenters. The summed E-state index contributed by atoms with van der Waals surface area (Å²) in [5, 5.41) is 8.65. The molecular weight excluding hydrogens is 188 g/mol. The smallest absolute Gasteiger partial charge is 0.356 e. The van der Waals surface area contributed by atoms with Gasteiger partial charge in [-0.2, -0.15) is 0 Å². The van der Waals surface area contributed by atoms with Gasteiger partial charge in [-0.25, -0.2) is 14.6 Å². The van der Waals surface area contributed by atoms with E-state index in [0.29, 0.717) is 0 Å². The molecule has 6 nitrogen and oxygen atoms in total. The van der Waals surface area contributed by atoms with Crippen LogP contribution in [0.3, 0.4) is 0 Å². The zero-order valence-corrected chi connectivity index (χ0v) is 7.35. The maximum Gasteiger partial charge on any atom is 0.356 e. The number of carbonyl (C=O) groups is 2. The standard InChI is InChI=1S/C8H8N2O4/c1-14-8(13)5-2-4(7(11)12)3-6(9)10-5/h2-3H,1H3,(H2,9,10)(H,11,12). The third-order valence-electron chi connectivity index (χ3n) is 1.49. The van der Waals surface area contributed by atoms with Crippen molar-refractivity contribution >= 4 is 17.8 Å². The molecule has 1 rings (SSSR count). The number of hydrogen-bond acceptors (Lipinski definition) is 5. The quantitative estimate of drug-likeness (QED) is 0.652. The molecule has 0 aliphatic carbocycles. The largest absolute Gasteiger partial charge is 0.478 e. The second-order valence-corrected chi connectivity index (χ2v) is 2.46. The molecule has 0 radical (unpaired) electrons. The van der Waals surface area contributed by atoms with Gasteiger partial charge in [-0.1, -0.05) is 0 Å². The van der Waals surface area contributed by atoms with Gasteiger partial charge in [-0.3, -0.25) is 0 Å². The summed E-state index contributed by atoms with van der Waals surface area (Å²) in [5.41, 5.74) is 5.09. The van der Waals surface area contributed by atoms with Crippen LogP contribution in [-0.4, -0.2) is 29.1 Å². The van der Waals surface area contributed by atoms with Crippen LogP contribution in [0.25, 0.3) is 0 Å². The Morgan fingerprint density at radius 3 is 2.64 bits per heavy atom. The Kier molecular flexibility index (Phi) is 2.66. The molecule has 74 valence electrons. The Labute approximate surface area is 79.3 Å². The predicted octanol–water partition coefficient (Wildman–Crippen LogP) is 0.149. The highest BCUT2D eigenvalue weighted by Crippen LogP contribution is 2.08. The van der Waals surface area contributed by atoms with Crippen LogP contribution in [0.15, 0.2) is 12.1 Å². The van der Waals surface area contributed by atoms with Gasteiger partial charge in [0.25, 0.3) is 0 Å². The topological polar surface area (TPSA) is 103 Å². The second kappa shape index (κ2) is 3.73. The molecule has 0 aromatic carbocycles. The summed E-state index contributed by atoms with van der Waals surface area (Å²) in [6, 6.07) is 2.26. The molecule has 0 aliphatic rings. The lowest BCUT2D eigenvalue weighted by molar-refractivity contribution is 0.0594. The van der Waals surface area contributed by atoms with Crippen LogP contribution in [0.5, 0.6) is 0 Å². The van der Waals surface area contributed by atoms with Crippen LogP contribution >= 0.6 is 0 Å². The van der Waals surface area contributed by atoms with Gasteiger partial charge in [-0.05, 0) is 12.1 Å². The van der Waals surface area contributed by atoms with E-state index in [1.54, 1.807) is 0 Å². The molecule has 14 heavy (non-hydrogen) atoms. The third kappa shape index (κ3) is 1.98. The number of aromatic carboxylic acids is 1. The minimum absolute atomic E-state index is 0.0368. The minimum Gasteiger partial charge on any atom is -0.478 e. The molecule has 1 heterocycles. The second-order valence-electron chi connectivity index (χ2n) is 2.46. The van der Waals surface area contributed by atoms with Gasteiger partial charge in [0.15, 0.2) is 5.69 Å². The Bertz CT molecular complexity index is 389. The van der Waals surface area contributed by atoms with Crippen molar-refractivity contribution in [3.63, 3.8) is 0 Å². The number of nitrogen functional groups attached to an aromatic ring is 1. The van der Waals surface area contributed by atoms with Crippen LogP contribution < -0.4 is 5.73 Å². The first-order chi connectivity index (χ1) is 6.54. The molecule has 0 amide bonds. The van der Waals surface area contributed by atoms with Crippen molar-refractivity contribution in [1.29, 1.82) is 0 Å². The summed E-state index contributed by atoms with van der Waals surface area (Å²) in [7, 11) is 1.17.